The number of nitrogens with zero attached hydrogens (tertiary/aromatic N) is 2. The van der Waals surface area contributed by atoms with Crippen LogP contribution in [0.3, 0.4) is 0 Å². The molecule has 2 heteroatoms. The van der Waals surface area contributed by atoms with Crippen molar-refractivity contribution in [2.75, 3.05) is 0 Å². The normalized spacial score (nSPS) is 17.9. The molecule has 0 saturated heterocycles. The summed E-state index contributed by atoms with van der Waals surface area (Å²) < 4.78 is 4.54. The molecule has 1 aliphatic rings. The molecule has 24 heavy (non-hydrogen) atoms. The molecule has 3 aromatic rings. The predicted molar refractivity (Wildman–Crippen MR) is 101 cm³/mol. The molecule has 2 aromatic heterocycles. The van der Waals surface area contributed by atoms with E-state index >= 15 is 0 Å². The topological polar surface area (TPSA) is 9.86 Å². The summed E-state index contributed by atoms with van der Waals surface area (Å²) in [5, 5.41) is 0. The molecule has 0 saturated carbocycles. The maximum absolute atomic E-state index is 2.42. The van der Waals surface area contributed by atoms with Gasteiger partial charge in [-0.05, 0) is 71.2 Å². The Morgan fingerprint density at radius 2 is 1.33 bits per heavy atom. The van der Waals surface area contributed by atoms with Crippen molar-refractivity contribution in [3.8, 4) is 11.4 Å². The van der Waals surface area contributed by atoms with Crippen molar-refractivity contribution in [1.29, 1.82) is 0 Å². The summed E-state index contributed by atoms with van der Waals surface area (Å²) in [5.41, 5.74) is 7.36. The quantitative estimate of drug-likeness (QED) is 0.587. The van der Waals surface area contributed by atoms with Crippen molar-refractivity contribution in [3.63, 3.8) is 0 Å². The van der Waals surface area contributed by atoms with Gasteiger partial charge in [0.1, 0.15) is 0 Å². The van der Waals surface area contributed by atoms with Crippen LogP contribution in [0.5, 0.6) is 0 Å². The lowest BCUT2D eigenvalue weighted by atomic mass is 9.81. The lowest BCUT2D eigenvalue weighted by molar-refractivity contribution is 0.402. The molecule has 0 amide bonds. The first-order valence-electron chi connectivity index (χ1n) is 8.76. The van der Waals surface area contributed by atoms with Crippen LogP contribution in [0.4, 0.5) is 0 Å². The van der Waals surface area contributed by atoms with Crippen LogP contribution in [-0.2, 0) is 10.8 Å². The van der Waals surface area contributed by atoms with Crippen LogP contribution in [0, 0.1) is 6.92 Å². The summed E-state index contributed by atoms with van der Waals surface area (Å²) in [6.07, 6.45) is 9.80. The van der Waals surface area contributed by atoms with Gasteiger partial charge in [-0.3, -0.25) is 0 Å². The predicted octanol–water partition coefficient (Wildman–Crippen LogP) is 5.54. The van der Waals surface area contributed by atoms with Gasteiger partial charge in [0.2, 0.25) is 0 Å². The molecule has 124 valence electrons. The van der Waals surface area contributed by atoms with Crippen molar-refractivity contribution >= 4 is 0 Å². The third-order valence-electron chi connectivity index (χ3n) is 5.56. The lowest BCUT2D eigenvalue weighted by Crippen LogP contribution is -2.19. The van der Waals surface area contributed by atoms with Gasteiger partial charge < -0.3 is 9.13 Å². The molecule has 0 N–H and O–H groups in total. The number of hydrogen-bond acceptors (Lipinski definition) is 0. The molecular formula is C22H26N2. The zero-order valence-electron chi connectivity index (χ0n) is 15.3. The molecule has 0 aliphatic heterocycles. The fourth-order valence-corrected chi connectivity index (χ4v) is 4.83. The number of fused-ring (bicyclic) bond motifs is 1. The highest BCUT2D eigenvalue weighted by Crippen LogP contribution is 2.53. The SMILES string of the molecule is Cc1c(-n2cccc2)cc2c(c1-n1cccc1)C(C)(C)CC2(C)C. The maximum atomic E-state index is 2.42. The monoisotopic (exact) mass is 318 g/mol. The first-order valence-corrected chi connectivity index (χ1v) is 8.76. The molecule has 1 aromatic carbocycles. The maximum Gasteiger partial charge on any atom is 0.0539 e. The fraction of sp³-hybridized carbons (Fsp3) is 0.364. The minimum Gasteiger partial charge on any atom is -0.324 e. The van der Waals surface area contributed by atoms with Crippen LogP contribution in [0.25, 0.3) is 11.4 Å². The van der Waals surface area contributed by atoms with Crippen LogP contribution in [-0.4, -0.2) is 9.13 Å². The molecule has 0 radical (unpaired) electrons. The van der Waals surface area contributed by atoms with Crippen LogP contribution in [0.2, 0.25) is 0 Å². The van der Waals surface area contributed by atoms with E-state index in [0.717, 1.165) is 0 Å². The van der Waals surface area contributed by atoms with E-state index in [9.17, 15) is 0 Å². The average molecular weight is 318 g/mol. The second-order valence-electron chi connectivity index (χ2n) is 8.42. The summed E-state index contributed by atoms with van der Waals surface area (Å²) in [6, 6.07) is 10.8. The molecule has 4 rings (SSSR count). The van der Waals surface area contributed by atoms with Crippen LogP contribution < -0.4 is 0 Å². The van der Waals surface area contributed by atoms with Gasteiger partial charge in [-0.1, -0.05) is 27.7 Å². The molecule has 2 nitrogen and oxygen atoms in total. The summed E-state index contributed by atoms with van der Waals surface area (Å²) in [4.78, 5) is 0. The smallest absolute Gasteiger partial charge is 0.0539 e. The molecule has 0 spiro atoms. The summed E-state index contributed by atoms with van der Waals surface area (Å²) in [5.74, 6) is 0. The van der Waals surface area contributed by atoms with E-state index in [1.807, 2.05) is 0 Å². The van der Waals surface area contributed by atoms with Gasteiger partial charge in [-0.15, -0.1) is 0 Å². The van der Waals surface area contributed by atoms with E-state index in [4.69, 9.17) is 0 Å². The highest BCUT2D eigenvalue weighted by atomic mass is 15.0. The minimum atomic E-state index is 0.179. The number of benzene rings is 1. The Morgan fingerprint density at radius 3 is 1.92 bits per heavy atom. The second-order valence-corrected chi connectivity index (χ2v) is 8.42. The zero-order chi connectivity index (χ0) is 17.1. The Morgan fingerprint density at radius 1 is 0.792 bits per heavy atom. The molecule has 1 aliphatic carbocycles. The third-order valence-corrected chi connectivity index (χ3v) is 5.56. The summed E-state index contributed by atoms with van der Waals surface area (Å²) in [6.45, 7) is 11.8. The van der Waals surface area contributed by atoms with Crippen LogP contribution >= 0.6 is 0 Å². The van der Waals surface area contributed by atoms with Crippen molar-refractivity contribution in [3.05, 3.63) is 71.8 Å². The number of rotatable bonds is 2. The Balaban J connectivity index is 2.12. The van der Waals surface area contributed by atoms with Crippen LogP contribution in [0.1, 0.15) is 50.8 Å². The highest BCUT2D eigenvalue weighted by molar-refractivity contribution is 5.66. The lowest BCUT2D eigenvalue weighted by Gasteiger charge is -2.26. The number of aromatic nitrogens is 2. The van der Waals surface area contributed by atoms with Gasteiger partial charge in [-0.2, -0.15) is 0 Å². The Kier molecular flexibility index (Phi) is 3.12. The van der Waals surface area contributed by atoms with E-state index in [2.05, 4.69) is 98.9 Å². The van der Waals surface area contributed by atoms with Crippen molar-refractivity contribution in [2.24, 2.45) is 0 Å². The minimum absolute atomic E-state index is 0.179. The van der Waals surface area contributed by atoms with Crippen molar-refractivity contribution < 1.29 is 0 Å². The zero-order valence-corrected chi connectivity index (χ0v) is 15.3. The van der Waals surface area contributed by atoms with E-state index in [0.29, 0.717) is 0 Å². The second kappa shape index (κ2) is 4.89. The molecule has 0 unspecified atom stereocenters. The van der Waals surface area contributed by atoms with Gasteiger partial charge in [0.05, 0.1) is 11.4 Å². The average Bonchev–Trinajstić information content (AvgIpc) is 3.20. The van der Waals surface area contributed by atoms with E-state index in [1.54, 1.807) is 0 Å². The Labute approximate surface area is 144 Å². The highest BCUT2D eigenvalue weighted by Gasteiger charge is 2.44. The van der Waals surface area contributed by atoms with Crippen molar-refractivity contribution in [1.82, 2.24) is 9.13 Å². The van der Waals surface area contributed by atoms with E-state index in [1.165, 1.54) is 34.5 Å². The van der Waals surface area contributed by atoms with Gasteiger partial charge in [0.15, 0.2) is 0 Å². The molecule has 0 atom stereocenters. The number of hydrogen-bond donors (Lipinski definition) is 0. The van der Waals surface area contributed by atoms with Gasteiger partial charge in [0.25, 0.3) is 0 Å². The first kappa shape index (κ1) is 15.3. The molecule has 0 fully saturated rings. The summed E-state index contributed by atoms with van der Waals surface area (Å²) >= 11 is 0. The molecular weight excluding hydrogens is 292 g/mol. The van der Waals surface area contributed by atoms with Gasteiger partial charge >= 0.3 is 0 Å². The Bertz CT molecular complexity index is 879. The van der Waals surface area contributed by atoms with Gasteiger partial charge in [-0.25, -0.2) is 0 Å². The van der Waals surface area contributed by atoms with E-state index < -0.39 is 0 Å². The standard InChI is InChI=1S/C22H26N2/c1-16-18(23-10-6-7-11-23)14-17-19(20(16)24-12-8-9-13-24)22(4,5)15-21(17,2)3/h6-14H,15H2,1-5H3. The van der Waals surface area contributed by atoms with Crippen LogP contribution in [0.15, 0.2) is 55.1 Å². The van der Waals surface area contributed by atoms with E-state index in [-0.39, 0.29) is 10.8 Å². The van der Waals surface area contributed by atoms with Gasteiger partial charge in [0, 0.05) is 24.8 Å². The third kappa shape index (κ3) is 2.09. The largest absolute Gasteiger partial charge is 0.324 e. The molecule has 0 bridgehead atoms. The first-order chi connectivity index (χ1) is 11.3. The molecule has 2 heterocycles. The fourth-order valence-electron chi connectivity index (χ4n) is 4.83. The van der Waals surface area contributed by atoms with Crippen molar-refractivity contribution in [2.45, 2.75) is 51.9 Å². The Hall–Kier alpha value is -2.22. The summed E-state index contributed by atoms with van der Waals surface area (Å²) in [7, 11) is 0.